The van der Waals surface area contributed by atoms with Gasteiger partial charge >= 0.3 is 0 Å². The van der Waals surface area contributed by atoms with Crippen LogP contribution in [-0.2, 0) is 0 Å². The summed E-state index contributed by atoms with van der Waals surface area (Å²) in [6.07, 6.45) is 5.69. The molecule has 1 aromatic rings. The molecule has 0 atom stereocenters. The van der Waals surface area contributed by atoms with Gasteiger partial charge in [0.1, 0.15) is 0 Å². The first-order chi connectivity index (χ1) is 6.11. The zero-order chi connectivity index (χ0) is 9.84. The molecule has 68 valence electrons. The van der Waals surface area contributed by atoms with Crippen LogP contribution in [0.4, 0.5) is 0 Å². The molecule has 1 heterocycles. The molecule has 0 aliphatic carbocycles. The van der Waals surface area contributed by atoms with Gasteiger partial charge in [0.2, 0.25) is 6.20 Å². The lowest BCUT2D eigenvalue weighted by Gasteiger charge is -1.99. The summed E-state index contributed by atoms with van der Waals surface area (Å²) in [5.74, 6) is 0. The van der Waals surface area contributed by atoms with Crippen LogP contribution < -0.4 is 0 Å². The lowest BCUT2D eigenvalue weighted by atomic mass is 10.2. The number of hydrogen-bond acceptors (Lipinski definition) is 3. The zero-order valence-electron chi connectivity index (χ0n) is 6.90. The van der Waals surface area contributed by atoms with Crippen LogP contribution in [0.25, 0.3) is 6.08 Å². The highest BCUT2D eigenvalue weighted by Crippen LogP contribution is 2.16. The van der Waals surface area contributed by atoms with E-state index in [4.69, 9.17) is 0 Å². The molecule has 0 bridgehead atoms. The second-order valence-electron chi connectivity index (χ2n) is 2.46. The normalized spacial score (nSPS) is 10.6. The summed E-state index contributed by atoms with van der Waals surface area (Å²) < 4.78 is 0.991. The summed E-state index contributed by atoms with van der Waals surface area (Å²) in [5.41, 5.74) is 1.79. The van der Waals surface area contributed by atoms with E-state index in [1.807, 2.05) is 6.92 Å². The van der Waals surface area contributed by atoms with Crippen LogP contribution in [0, 0.1) is 20.6 Å². The van der Waals surface area contributed by atoms with Gasteiger partial charge in [0.15, 0.2) is 0 Å². The molecular weight excluding hydrogens is 283 g/mol. The lowest BCUT2D eigenvalue weighted by Crippen LogP contribution is -1.89. The molecule has 0 saturated heterocycles. The van der Waals surface area contributed by atoms with Crippen molar-refractivity contribution in [3.63, 3.8) is 0 Å². The molecule has 0 saturated carbocycles. The van der Waals surface area contributed by atoms with Gasteiger partial charge in [0.05, 0.1) is 4.92 Å². The fraction of sp³-hybridized carbons (Fsp3) is 0.125. The monoisotopic (exact) mass is 290 g/mol. The molecule has 0 fully saturated rings. The summed E-state index contributed by atoms with van der Waals surface area (Å²) in [6.45, 7) is 1.91. The number of aryl methyl sites for hydroxylation is 1. The highest BCUT2D eigenvalue weighted by atomic mass is 127. The number of aromatic nitrogens is 1. The molecule has 0 N–H and O–H groups in total. The average Bonchev–Trinajstić information content (AvgIpc) is 2.07. The first-order valence-electron chi connectivity index (χ1n) is 3.53. The molecule has 1 rings (SSSR count). The van der Waals surface area contributed by atoms with Crippen LogP contribution in [0.3, 0.4) is 0 Å². The van der Waals surface area contributed by atoms with Gasteiger partial charge in [-0.15, -0.1) is 0 Å². The molecule has 1 aromatic heterocycles. The predicted molar refractivity (Wildman–Crippen MR) is 57.7 cm³/mol. The average molecular weight is 290 g/mol. The third-order valence-corrected chi connectivity index (χ3v) is 2.93. The van der Waals surface area contributed by atoms with Gasteiger partial charge in [-0.1, -0.05) is 0 Å². The Morgan fingerprint density at radius 2 is 2.31 bits per heavy atom. The molecule has 0 radical (unpaired) electrons. The van der Waals surface area contributed by atoms with E-state index in [0.717, 1.165) is 20.9 Å². The van der Waals surface area contributed by atoms with Gasteiger partial charge in [0.25, 0.3) is 0 Å². The molecule has 0 aliphatic rings. The third-order valence-electron chi connectivity index (χ3n) is 1.46. The second-order valence-corrected chi connectivity index (χ2v) is 3.54. The van der Waals surface area contributed by atoms with Crippen molar-refractivity contribution in [1.82, 2.24) is 4.98 Å². The van der Waals surface area contributed by atoms with Crippen molar-refractivity contribution in [3.05, 3.63) is 43.4 Å². The molecule has 0 aromatic carbocycles. The minimum Gasteiger partial charge on any atom is -0.264 e. The zero-order valence-corrected chi connectivity index (χ0v) is 9.06. The highest BCUT2D eigenvalue weighted by molar-refractivity contribution is 14.1. The van der Waals surface area contributed by atoms with Crippen molar-refractivity contribution in [2.75, 3.05) is 0 Å². The minimum absolute atomic E-state index is 0.488. The van der Waals surface area contributed by atoms with Crippen molar-refractivity contribution in [2.24, 2.45) is 0 Å². The van der Waals surface area contributed by atoms with Crippen LogP contribution in [0.1, 0.15) is 11.1 Å². The van der Waals surface area contributed by atoms with Crippen LogP contribution >= 0.6 is 22.6 Å². The number of halogens is 1. The number of rotatable bonds is 2. The molecule has 0 amide bonds. The van der Waals surface area contributed by atoms with Gasteiger partial charge in [-0.25, -0.2) is 0 Å². The number of hydrogen-bond donors (Lipinski definition) is 0. The smallest absolute Gasteiger partial charge is 0.235 e. The molecular formula is C8H7IN2O2. The van der Waals surface area contributed by atoms with E-state index in [-0.39, 0.29) is 0 Å². The predicted octanol–water partition coefficient (Wildman–Crippen LogP) is 2.24. The van der Waals surface area contributed by atoms with Crippen molar-refractivity contribution in [2.45, 2.75) is 6.92 Å². The molecule has 4 nitrogen and oxygen atoms in total. The Balaban J connectivity index is 3.02. The standard InChI is InChI=1S/C8H7IN2O2/c1-6-4-10-5-7(8(6)9)2-3-11(12)13/h2-5H,1H3. The Labute approximate surface area is 89.0 Å². The van der Waals surface area contributed by atoms with E-state index in [0.29, 0.717) is 0 Å². The van der Waals surface area contributed by atoms with Crippen LogP contribution in [-0.4, -0.2) is 9.91 Å². The van der Waals surface area contributed by atoms with E-state index in [2.05, 4.69) is 27.6 Å². The topological polar surface area (TPSA) is 56.0 Å². The summed E-state index contributed by atoms with van der Waals surface area (Å²) in [7, 11) is 0. The fourth-order valence-corrected chi connectivity index (χ4v) is 1.29. The van der Waals surface area contributed by atoms with E-state index in [1.54, 1.807) is 12.4 Å². The number of nitro groups is 1. The molecule has 0 unspecified atom stereocenters. The van der Waals surface area contributed by atoms with E-state index >= 15 is 0 Å². The molecule has 0 aliphatic heterocycles. The van der Waals surface area contributed by atoms with Crippen molar-refractivity contribution < 1.29 is 4.92 Å². The quantitative estimate of drug-likeness (QED) is 0.477. The first kappa shape index (κ1) is 10.1. The molecule has 5 heteroatoms. The number of nitrogens with zero attached hydrogens (tertiary/aromatic N) is 2. The fourth-order valence-electron chi connectivity index (χ4n) is 0.828. The van der Waals surface area contributed by atoms with E-state index in [1.165, 1.54) is 6.08 Å². The maximum Gasteiger partial charge on any atom is 0.235 e. The summed E-state index contributed by atoms with van der Waals surface area (Å²) in [5, 5.41) is 10.1. The van der Waals surface area contributed by atoms with Crippen molar-refractivity contribution in [1.29, 1.82) is 0 Å². The van der Waals surface area contributed by atoms with Gasteiger partial charge in [0, 0.05) is 27.6 Å². The maximum absolute atomic E-state index is 10.1. The maximum atomic E-state index is 10.1. The minimum atomic E-state index is -0.488. The van der Waals surface area contributed by atoms with E-state index < -0.39 is 4.92 Å². The van der Waals surface area contributed by atoms with Crippen LogP contribution in [0.15, 0.2) is 18.6 Å². The van der Waals surface area contributed by atoms with Gasteiger partial charge < -0.3 is 0 Å². The van der Waals surface area contributed by atoms with E-state index in [9.17, 15) is 10.1 Å². The largest absolute Gasteiger partial charge is 0.264 e. The Morgan fingerprint density at radius 3 is 2.92 bits per heavy atom. The van der Waals surface area contributed by atoms with Gasteiger partial charge in [-0.05, 0) is 35.1 Å². The van der Waals surface area contributed by atoms with Crippen LogP contribution in [0.5, 0.6) is 0 Å². The lowest BCUT2D eigenvalue weighted by molar-refractivity contribution is -0.400. The first-order valence-corrected chi connectivity index (χ1v) is 4.61. The van der Waals surface area contributed by atoms with Crippen LogP contribution in [0.2, 0.25) is 0 Å². The third kappa shape index (κ3) is 2.76. The SMILES string of the molecule is Cc1cncc(C=C[N+](=O)[O-])c1I. The second kappa shape index (κ2) is 4.31. The molecule has 0 spiro atoms. The molecule has 13 heavy (non-hydrogen) atoms. The van der Waals surface area contributed by atoms with Gasteiger partial charge in [-0.3, -0.25) is 15.1 Å². The van der Waals surface area contributed by atoms with Gasteiger partial charge in [-0.2, -0.15) is 0 Å². The Kier molecular flexibility index (Phi) is 3.35. The van der Waals surface area contributed by atoms with Crippen molar-refractivity contribution >= 4 is 28.7 Å². The Bertz CT molecular complexity index is 363. The Hall–Kier alpha value is -0.980. The Morgan fingerprint density at radius 1 is 1.62 bits per heavy atom. The van der Waals surface area contributed by atoms with Crippen molar-refractivity contribution in [3.8, 4) is 0 Å². The summed E-state index contributed by atoms with van der Waals surface area (Å²) >= 11 is 2.14. The summed E-state index contributed by atoms with van der Waals surface area (Å²) in [6, 6.07) is 0. The number of pyridine rings is 1. The summed E-state index contributed by atoms with van der Waals surface area (Å²) in [4.78, 5) is 13.5. The highest BCUT2D eigenvalue weighted by Gasteiger charge is 2.00.